The molecule has 0 amide bonds. The zero-order valence-corrected chi connectivity index (χ0v) is 28.1. The molecule has 5 aliphatic heterocycles. The molecule has 50 heavy (non-hydrogen) atoms. The number of aryl methyl sites for hydroxylation is 1. The Hall–Kier alpha value is -3.83. The van der Waals surface area contributed by atoms with Gasteiger partial charge in [0.1, 0.15) is 29.6 Å². The molecule has 11 rings (SSSR count). The zero-order valence-electron chi connectivity index (χ0n) is 28.1. The maximum atomic E-state index is 17.5. The number of piperazine rings is 1. The number of hydrogen-bond acceptors (Lipinski definition) is 8. The largest absolute Gasteiger partial charge is 0.508 e. The summed E-state index contributed by atoms with van der Waals surface area (Å²) in [6, 6.07) is 9.84. The van der Waals surface area contributed by atoms with Gasteiger partial charge in [-0.1, -0.05) is 24.6 Å². The Morgan fingerprint density at radius 1 is 1.08 bits per heavy atom. The van der Waals surface area contributed by atoms with Gasteiger partial charge in [-0.25, -0.2) is 8.78 Å². The van der Waals surface area contributed by atoms with Gasteiger partial charge in [0.15, 0.2) is 11.6 Å². The van der Waals surface area contributed by atoms with Crippen molar-refractivity contribution in [1.82, 2.24) is 24.8 Å². The van der Waals surface area contributed by atoms with Crippen LogP contribution in [-0.2, 0) is 6.54 Å². The van der Waals surface area contributed by atoms with Crippen LogP contribution in [-0.4, -0.2) is 80.6 Å². The lowest BCUT2D eigenvalue weighted by Gasteiger charge is -2.41. The van der Waals surface area contributed by atoms with Gasteiger partial charge in [0.05, 0.1) is 11.1 Å². The number of anilines is 1. The lowest BCUT2D eigenvalue weighted by Crippen LogP contribution is -2.58. The quantitative estimate of drug-likeness (QED) is 0.274. The number of pyridine rings is 1. The van der Waals surface area contributed by atoms with Crippen molar-refractivity contribution in [2.24, 2.45) is 5.41 Å². The fourth-order valence-electron chi connectivity index (χ4n) is 11.1. The summed E-state index contributed by atoms with van der Waals surface area (Å²) in [5.41, 5.74) is 1.23. The molecule has 2 saturated carbocycles. The molecule has 2 aromatic carbocycles. The first kappa shape index (κ1) is 29.9. The van der Waals surface area contributed by atoms with Gasteiger partial charge >= 0.3 is 6.01 Å². The number of halogens is 2. The van der Waals surface area contributed by atoms with E-state index in [-0.39, 0.29) is 53.0 Å². The minimum absolute atomic E-state index is 0.0193. The lowest BCUT2D eigenvalue weighted by atomic mass is 9.65. The van der Waals surface area contributed by atoms with E-state index in [0.29, 0.717) is 55.3 Å². The number of phenols is 1. The highest BCUT2D eigenvalue weighted by Gasteiger charge is 2.60. The van der Waals surface area contributed by atoms with Crippen LogP contribution in [0.4, 0.5) is 14.6 Å². The molecule has 5 atom stereocenters. The summed E-state index contributed by atoms with van der Waals surface area (Å²) in [4.78, 5) is 29.1. The van der Waals surface area contributed by atoms with E-state index in [2.05, 4.69) is 21.2 Å². The molecule has 1 spiro atoms. The molecule has 7 aliphatic rings. The summed E-state index contributed by atoms with van der Waals surface area (Å²) in [5.74, 6) is 0.145. The molecule has 260 valence electrons. The van der Waals surface area contributed by atoms with E-state index in [0.717, 1.165) is 55.0 Å². The summed E-state index contributed by atoms with van der Waals surface area (Å²) < 4.78 is 40.6. The topological polar surface area (TPSA) is 95.8 Å². The van der Waals surface area contributed by atoms with Crippen molar-refractivity contribution < 1.29 is 18.6 Å². The van der Waals surface area contributed by atoms with Crippen LogP contribution >= 0.6 is 0 Å². The van der Waals surface area contributed by atoms with E-state index in [1.807, 2.05) is 12.1 Å². The number of aromatic nitrogens is 3. The van der Waals surface area contributed by atoms with Crippen LogP contribution in [0.5, 0.6) is 11.8 Å². The summed E-state index contributed by atoms with van der Waals surface area (Å²) in [7, 11) is 0. The highest BCUT2D eigenvalue weighted by molar-refractivity contribution is 6.02. The van der Waals surface area contributed by atoms with Gasteiger partial charge in [0.2, 0.25) is 0 Å². The molecule has 3 unspecified atom stereocenters. The van der Waals surface area contributed by atoms with E-state index in [1.165, 1.54) is 25.3 Å². The van der Waals surface area contributed by atoms with E-state index in [1.54, 1.807) is 10.6 Å². The van der Waals surface area contributed by atoms with Crippen LogP contribution in [0.15, 0.2) is 35.1 Å². The normalized spacial score (nSPS) is 30.9. The Morgan fingerprint density at radius 3 is 2.78 bits per heavy atom. The van der Waals surface area contributed by atoms with Crippen LogP contribution in [0.3, 0.4) is 0 Å². The third-order valence-corrected chi connectivity index (χ3v) is 13.6. The summed E-state index contributed by atoms with van der Waals surface area (Å²) >= 11 is 0. The average molecular weight is 681 g/mol. The molecule has 2 aromatic heterocycles. The van der Waals surface area contributed by atoms with Gasteiger partial charge in [-0.05, 0) is 91.2 Å². The first-order valence-corrected chi connectivity index (χ1v) is 18.7. The fraction of sp³-hybridized carbons (Fsp3) is 0.564. The van der Waals surface area contributed by atoms with Crippen LogP contribution in [0.1, 0.15) is 75.7 Å². The number of nitrogens with one attached hydrogen (secondary N) is 1. The van der Waals surface area contributed by atoms with Crippen molar-refractivity contribution in [3.8, 4) is 22.9 Å². The Labute approximate surface area is 288 Å². The maximum absolute atomic E-state index is 17.5. The number of aromatic hydroxyl groups is 1. The van der Waals surface area contributed by atoms with Gasteiger partial charge in [-0.3, -0.25) is 9.69 Å². The number of nitrogens with zero attached hydrogens (tertiary/aromatic N) is 5. The maximum Gasteiger partial charge on any atom is 0.319 e. The number of fused-ring (bicyclic) bond motifs is 7. The number of benzene rings is 2. The van der Waals surface area contributed by atoms with Crippen LogP contribution in [0, 0.1) is 11.2 Å². The van der Waals surface area contributed by atoms with Crippen molar-refractivity contribution in [2.45, 2.75) is 107 Å². The summed E-state index contributed by atoms with van der Waals surface area (Å²) in [6.07, 6.45) is 8.86. The van der Waals surface area contributed by atoms with E-state index in [4.69, 9.17) is 14.7 Å². The minimum Gasteiger partial charge on any atom is -0.508 e. The Morgan fingerprint density at radius 2 is 1.96 bits per heavy atom. The molecule has 6 fully saturated rings. The molecule has 2 N–H and O–H groups in total. The molecule has 4 aromatic rings. The van der Waals surface area contributed by atoms with E-state index < -0.39 is 23.1 Å². The molecule has 2 bridgehead atoms. The molecule has 4 saturated heterocycles. The van der Waals surface area contributed by atoms with Gasteiger partial charge in [-0.2, -0.15) is 9.97 Å². The van der Waals surface area contributed by atoms with Crippen LogP contribution in [0.2, 0.25) is 0 Å². The van der Waals surface area contributed by atoms with Gasteiger partial charge < -0.3 is 24.6 Å². The molecule has 9 nitrogen and oxygen atoms in total. The monoisotopic (exact) mass is 680 g/mol. The van der Waals surface area contributed by atoms with Crippen molar-refractivity contribution in [1.29, 1.82) is 0 Å². The molecular formula is C39H42F2N6O3. The van der Waals surface area contributed by atoms with Gasteiger partial charge in [0, 0.05) is 56.3 Å². The van der Waals surface area contributed by atoms with Crippen molar-refractivity contribution in [3.63, 3.8) is 0 Å². The number of rotatable bonds is 5. The minimum atomic E-state index is -0.901. The predicted octanol–water partition coefficient (Wildman–Crippen LogP) is 5.78. The first-order valence-electron chi connectivity index (χ1n) is 18.7. The predicted molar refractivity (Wildman–Crippen MR) is 186 cm³/mol. The summed E-state index contributed by atoms with van der Waals surface area (Å²) in [5, 5.41) is 16.2. The van der Waals surface area contributed by atoms with Crippen LogP contribution in [0.25, 0.3) is 32.9 Å². The molecule has 11 heteroatoms. The molecule has 0 radical (unpaired) electrons. The summed E-state index contributed by atoms with van der Waals surface area (Å²) in [6.45, 7) is 2.66. The fourth-order valence-corrected chi connectivity index (χ4v) is 11.1. The second-order valence-electron chi connectivity index (χ2n) is 16.7. The molecule has 2 aliphatic carbocycles. The number of hydrogen-bond donors (Lipinski definition) is 2. The Balaban J connectivity index is 1.10. The van der Waals surface area contributed by atoms with Gasteiger partial charge in [0.25, 0.3) is 5.56 Å². The SMILES string of the molecule is O=c1c(-c2cc(O)cc3cccc(C4CC4)c23)c(F)c2nc(OC[C@]34C[C@@H](F)CN3CC3(CCC3)C4)nc3c2n1CCC1C2CCC(CN31)N2. The lowest BCUT2D eigenvalue weighted by molar-refractivity contribution is 0.104. The second-order valence-corrected chi connectivity index (χ2v) is 16.7. The van der Waals surface area contributed by atoms with Crippen molar-refractivity contribution in [2.75, 3.05) is 31.1 Å². The van der Waals surface area contributed by atoms with E-state index >= 15 is 4.39 Å². The Kier molecular flexibility index (Phi) is 6.19. The smallest absolute Gasteiger partial charge is 0.319 e. The highest BCUT2D eigenvalue weighted by atomic mass is 19.1. The average Bonchev–Trinajstić information content (AvgIpc) is 3.73. The van der Waals surface area contributed by atoms with Crippen molar-refractivity contribution in [3.05, 3.63) is 52.1 Å². The number of alkyl halides is 1. The number of phenolic OH excluding ortho intramolecular Hbond substituents is 1. The third-order valence-electron chi connectivity index (χ3n) is 13.6. The third kappa shape index (κ3) is 4.25. The second kappa shape index (κ2) is 10.4. The number of ether oxygens (including phenoxy) is 1. The molecular weight excluding hydrogens is 638 g/mol. The van der Waals surface area contributed by atoms with Gasteiger partial charge in [-0.15, -0.1) is 0 Å². The zero-order chi connectivity index (χ0) is 33.5. The Bertz CT molecular complexity index is 2170. The highest BCUT2D eigenvalue weighted by Crippen LogP contribution is 2.57. The van der Waals surface area contributed by atoms with Crippen LogP contribution < -0.4 is 20.5 Å². The molecule has 7 heterocycles. The van der Waals surface area contributed by atoms with Crippen molar-refractivity contribution >= 4 is 27.6 Å². The van der Waals surface area contributed by atoms with E-state index in [9.17, 15) is 14.3 Å². The first-order chi connectivity index (χ1) is 24.3. The standard InChI is InChI=1S/C39H42F2N6O3/c40-23-15-39(18-38(10-2-11-38)19-45(39)16-23)20-50-37-43-33-32(41)31(27-14-25(48)13-22-3-1-4-26(30(22)27)21-5-6-21)36(49)46-12-9-29-28-8-7-24(42-28)17-47(29)35(44-37)34(33)46/h1,3-4,13-14,21,23-24,28-29,42,48H,2,5-12,15-20H2/t23-,24?,28?,29?,39-/m1/s1.